The summed E-state index contributed by atoms with van der Waals surface area (Å²) in [6.45, 7) is 3.33. The van der Waals surface area contributed by atoms with Crippen LogP contribution in [0.4, 0.5) is 17.1 Å². The highest BCUT2D eigenvalue weighted by atomic mass is 32.1. The average molecular weight is 305 g/mol. The van der Waals surface area contributed by atoms with Gasteiger partial charge in [0.15, 0.2) is 0 Å². The summed E-state index contributed by atoms with van der Waals surface area (Å²) in [7, 11) is 1.89. The first-order valence-corrected chi connectivity index (χ1v) is 7.76. The second-order valence-electron chi connectivity index (χ2n) is 4.71. The first-order valence-electron chi connectivity index (χ1n) is 6.88. The van der Waals surface area contributed by atoms with Crippen molar-refractivity contribution in [3.05, 3.63) is 50.7 Å². The van der Waals surface area contributed by atoms with Crippen molar-refractivity contribution in [1.29, 1.82) is 0 Å². The fourth-order valence-corrected chi connectivity index (χ4v) is 2.92. The molecule has 0 radical (unpaired) electrons. The van der Waals surface area contributed by atoms with Crippen molar-refractivity contribution in [3.63, 3.8) is 0 Å². The van der Waals surface area contributed by atoms with E-state index in [4.69, 9.17) is 0 Å². The molecule has 5 nitrogen and oxygen atoms in total. The van der Waals surface area contributed by atoms with E-state index in [1.807, 2.05) is 36.4 Å². The van der Waals surface area contributed by atoms with Crippen molar-refractivity contribution in [2.75, 3.05) is 30.4 Å². The largest absolute Gasteiger partial charge is 0.380 e. The molecule has 0 amide bonds. The fourth-order valence-electron chi connectivity index (χ4n) is 2.22. The number of rotatable bonds is 7. The zero-order chi connectivity index (χ0) is 15.2. The molecule has 0 fully saturated rings. The van der Waals surface area contributed by atoms with Gasteiger partial charge in [-0.15, -0.1) is 11.3 Å². The van der Waals surface area contributed by atoms with E-state index < -0.39 is 0 Å². The van der Waals surface area contributed by atoms with Gasteiger partial charge in [0.1, 0.15) is 11.4 Å². The van der Waals surface area contributed by atoms with Crippen LogP contribution in [0.5, 0.6) is 0 Å². The molecular formula is C15H19N3O2S. The molecule has 2 aromatic rings. The Morgan fingerprint density at radius 2 is 2.14 bits per heavy atom. The van der Waals surface area contributed by atoms with Gasteiger partial charge < -0.3 is 10.2 Å². The van der Waals surface area contributed by atoms with Gasteiger partial charge in [-0.05, 0) is 36.9 Å². The van der Waals surface area contributed by atoms with Crippen LogP contribution in [-0.4, -0.2) is 25.1 Å². The van der Waals surface area contributed by atoms with Crippen molar-refractivity contribution in [1.82, 2.24) is 0 Å². The molecular weight excluding hydrogens is 286 g/mol. The quantitative estimate of drug-likeness (QED) is 0.625. The fraction of sp³-hybridized carbons (Fsp3) is 0.333. The highest BCUT2D eigenvalue weighted by molar-refractivity contribution is 7.09. The number of hydrogen-bond donors (Lipinski definition) is 1. The Kier molecular flexibility index (Phi) is 5.16. The summed E-state index contributed by atoms with van der Waals surface area (Å²) < 4.78 is 0. The predicted octanol–water partition coefficient (Wildman–Crippen LogP) is 3.77. The van der Waals surface area contributed by atoms with Gasteiger partial charge in [0.05, 0.1) is 4.92 Å². The number of nitrogens with one attached hydrogen (secondary N) is 1. The Balaban J connectivity index is 2.20. The first kappa shape index (κ1) is 15.3. The van der Waals surface area contributed by atoms with E-state index in [0.29, 0.717) is 17.9 Å². The number of nitro groups is 1. The summed E-state index contributed by atoms with van der Waals surface area (Å²) in [6.07, 6.45) is 0.886. The smallest absolute Gasteiger partial charge is 0.315 e. The van der Waals surface area contributed by atoms with Gasteiger partial charge in [-0.25, -0.2) is 0 Å². The third-order valence-corrected chi connectivity index (χ3v) is 4.19. The maximum atomic E-state index is 11.4. The normalized spacial score (nSPS) is 10.4. The molecule has 1 aromatic heterocycles. The first-order chi connectivity index (χ1) is 10.1. The van der Waals surface area contributed by atoms with Crippen LogP contribution in [0, 0.1) is 10.1 Å². The highest BCUT2D eigenvalue weighted by Gasteiger charge is 2.21. The van der Waals surface area contributed by atoms with Gasteiger partial charge >= 0.3 is 5.69 Å². The molecule has 2 rings (SSSR count). The van der Waals surface area contributed by atoms with E-state index in [1.165, 1.54) is 4.88 Å². The second kappa shape index (κ2) is 7.08. The molecule has 1 aromatic carbocycles. The van der Waals surface area contributed by atoms with Gasteiger partial charge in [-0.2, -0.15) is 0 Å². The van der Waals surface area contributed by atoms with Gasteiger partial charge in [-0.1, -0.05) is 12.1 Å². The van der Waals surface area contributed by atoms with Crippen LogP contribution in [0.1, 0.15) is 11.8 Å². The minimum absolute atomic E-state index is 0.146. The summed E-state index contributed by atoms with van der Waals surface area (Å²) in [5.74, 6) is 0. The molecule has 0 saturated heterocycles. The van der Waals surface area contributed by atoms with Crippen molar-refractivity contribution in [2.24, 2.45) is 0 Å². The third kappa shape index (κ3) is 3.72. The molecule has 0 aliphatic carbocycles. The Morgan fingerprint density at radius 3 is 2.76 bits per heavy atom. The maximum Gasteiger partial charge on any atom is 0.315 e. The van der Waals surface area contributed by atoms with Gasteiger partial charge in [0.2, 0.25) is 0 Å². The zero-order valence-corrected chi connectivity index (χ0v) is 13.0. The molecule has 21 heavy (non-hydrogen) atoms. The van der Waals surface area contributed by atoms with E-state index in [1.54, 1.807) is 23.5 Å². The molecule has 0 atom stereocenters. The minimum atomic E-state index is -0.311. The van der Waals surface area contributed by atoms with Crippen LogP contribution >= 0.6 is 11.3 Å². The lowest BCUT2D eigenvalue weighted by Gasteiger charge is -2.20. The van der Waals surface area contributed by atoms with Crippen molar-refractivity contribution >= 4 is 28.4 Å². The van der Waals surface area contributed by atoms with Crippen LogP contribution in [0.2, 0.25) is 0 Å². The summed E-state index contributed by atoms with van der Waals surface area (Å²) in [5.41, 5.74) is 1.37. The highest BCUT2D eigenvalue weighted by Crippen LogP contribution is 2.34. The maximum absolute atomic E-state index is 11.4. The lowest BCUT2D eigenvalue weighted by Crippen LogP contribution is -2.21. The van der Waals surface area contributed by atoms with Gasteiger partial charge in [0.25, 0.3) is 0 Å². The Hall–Kier alpha value is -2.08. The molecule has 0 aliphatic heterocycles. The van der Waals surface area contributed by atoms with Crippen LogP contribution in [0.3, 0.4) is 0 Å². The summed E-state index contributed by atoms with van der Waals surface area (Å²) >= 11 is 1.71. The topological polar surface area (TPSA) is 58.4 Å². The number of hydrogen-bond acceptors (Lipinski definition) is 5. The Labute approximate surface area is 128 Å². The SMILES string of the molecule is CCNc1cccc(N(C)CCc2cccs2)c1[N+](=O)[O-]. The third-order valence-electron chi connectivity index (χ3n) is 3.25. The number of likely N-dealkylation sites (N-methyl/N-ethyl adjacent to an activating group) is 1. The molecule has 1 N–H and O–H groups in total. The Morgan fingerprint density at radius 1 is 1.33 bits per heavy atom. The minimum Gasteiger partial charge on any atom is -0.380 e. The van der Waals surface area contributed by atoms with E-state index in [-0.39, 0.29) is 10.6 Å². The average Bonchev–Trinajstić information content (AvgIpc) is 2.98. The van der Waals surface area contributed by atoms with E-state index in [2.05, 4.69) is 11.4 Å². The number of benzene rings is 1. The number of para-hydroxylation sites is 1. The van der Waals surface area contributed by atoms with Crippen LogP contribution < -0.4 is 10.2 Å². The standard InChI is InChI=1S/C15H19N3O2S/c1-3-16-13-7-4-8-14(15(13)18(19)20)17(2)10-9-12-6-5-11-21-12/h4-8,11,16H,3,9-10H2,1-2H3. The van der Waals surface area contributed by atoms with Crippen molar-refractivity contribution < 1.29 is 4.92 Å². The van der Waals surface area contributed by atoms with Crippen LogP contribution in [-0.2, 0) is 6.42 Å². The molecule has 0 bridgehead atoms. The predicted molar refractivity (Wildman–Crippen MR) is 88.6 cm³/mol. The summed E-state index contributed by atoms with van der Waals surface area (Å²) in [5, 5.41) is 16.5. The molecule has 0 spiro atoms. The zero-order valence-electron chi connectivity index (χ0n) is 12.2. The molecule has 0 saturated carbocycles. The molecule has 1 heterocycles. The van der Waals surface area contributed by atoms with E-state index >= 15 is 0 Å². The number of nitrogens with zero attached hydrogens (tertiary/aromatic N) is 2. The Bertz CT molecular complexity index is 599. The molecule has 0 unspecified atom stereocenters. The summed E-state index contributed by atoms with van der Waals surface area (Å²) in [4.78, 5) is 14.3. The lowest BCUT2D eigenvalue weighted by atomic mass is 10.2. The lowest BCUT2D eigenvalue weighted by molar-refractivity contribution is -0.383. The van der Waals surface area contributed by atoms with E-state index in [0.717, 1.165) is 13.0 Å². The van der Waals surface area contributed by atoms with Crippen molar-refractivity contribution in [3.8, 4) is 0 Å². The monoisotopic (exact) mass is 305 g/mol. The van der Waals surface area contributed by atoms with E-state index in [9.17, 15) is 10.1 Å². The number of anilines is 2. The number of nitro benzene ring substituents is 1. The molecule has 112 valence electrons. The van der Waals surface area contributed by atoms with Crippen LogP contribution in [0.15, 0.2) is 35.7 Å². The van der Waals surface area contributed by atoms with Gasteiger partial charge in [-0.3, -0.25) is 10.1 Å². The summed E-state index contributed by atoms with van der Waals surface area (Å²) in [6, 6.07) is 9.50. The number of thiophene rings is 1. The molecule has 6 heteroatoms. The molecule has 0 aliphatic rings. The van der Waals surface area contributed by atoms with Crippen molar-refractivity contribution in [2.45, 2.75) is 13.3 Å². The van der Waals surface area contributed by atoms with Gasteiger partial charge in [0, 0.05) is 25.0 Å². The second-order valence-corrected chi connectivity index (χ2v) is 5.74. The van der Waals surface area contributed by atoms with Crippen LogP contribution in [0.25, 0.3) is 0 Å².